The molecule has 13 heavy (non-hydrogen) atoms. The van der Waals surface area contributed by atoms with Crippen LogP contribution in [0.3, 0.4) is 0 Å². The van der Waals surface area contributed by atoms with Crippen LogP contribution < -0.4 is 5.73 Å². The van der Waals surface area contributed by atoms with Crippen molar-refractivity contribution in [2.24, 2.45) is 11.7 Å². The average Bonchev–Trinajstić information content (AvgIpc) is 2.14. The van der Waals surface area contributed by atoms with Gasteiger partial charge in [-0.1, -0.05) is 19.4 Å². The van der Waals surface area contributed by atoms with Crippen molar-refractivity contribution in [1.82, 2.24) is 0 Å². The Labute approximate surface area is 83.2 Å². The summed E-state index contributed by atoms with van der Waals surface area (Å²) in [7, 11) is 1.68. The van der Waals surface area contributed by atoms with Gasteiger partial charge in [0.05, 0.1) is 0 Å². The van der Waals surface area contributed by atoms with Gasteiger partial charge in [0.1, 0.15) is 0 Å². The molecule has 0 bridgehead atoms. The number of ether oxygens (including phenoxy) is 1. The van der Waals surface area contributed by atoms with Crippen molar-refractivity contribution in [2.75, 3.05) is 13.7 Å². The normalized spacial score (nSPS) is 13.9. The van der Waals surface area contributed by atoms with E-state index in [4.69, 9.17) is 5.73 Å². The Morgan fingerprint density at radius 1 is 1.46 bits per heavy atom. The maximum atomic E-state index is 5.66. The smallest absolute Gasteiger partial charge is 0.0433 e. The van der Waals surface area contributed by atoms with Gasteiger partial charge < -0.3 is 10.5 Å². The average molecular weight is 187 g/mol. The van der Waals surface area contributed by atoms with Gasteiger partial charge in [-0.25, -0.2) is 0 Å². The van der Waals surface area contributed by atoms with Crippen molar-refractivity contribution in [3.8, 4) is 0 Å². The predicted octanol–water partition coefficient (Wildman–Crippen LogP) is 2.59. The summed E-state index contributed by atoms with van der Waals surface area (Å²) in [6.45, 7) is 10.7. The van der Waals surface area contributed by atoms with Crippen molar-refractivity contribution >= 4 is 0 Å². The van der Waals surface area contributed by atoms with Crippen LogP contribution in [0.4, 0.5) is 0 Å². The SMILES string of the molecule is C=CC(CCC)[C@@H](C)N.CCOC. The van der Waals surface area contributed by atoms with Crippen molar-refractivity contribution in [3.63, 3.8) is 0 Å². The number of hydrogen-bond acceptors (Lipinski definition) is 2. The van der Waals surface area contributed by atoms with Crippen LogP contribution in [0.2, 0.25) is 0 Å². The second kappa shape index (κ2) is 11.7. The molecule has 0 aliphatic carbocycles. The van der Waals surface area contributed by atoms with Crippen LogP contribution in [0.25, 0.3) is 0 Å². The molecule has 0 amide bonds. The van der Waals surface area contributed by atoms with Crippen molar-refractivity contribution < 1.29 is 4.74 Å². The highest BCUT2D eigenvalue weighted by molar-refractivity contribution is 4.84. The van der Waals surface area contributed by atoms with Gasteiger partial charge in [0, 0.05) is 19.8 Å². The van der Waals surface area contributed by atoms with E-state index in [2.05, 4.69) is 18.2 Å². The van der Waals surface area contributed by atoms with E-state index in [9.17, 15) is 0 Å². The van der Waals surface area contributed by atoms with Crippen LogP contribution in [0.15, 0.2) is 12.7 Å². The van der Waals surface area contributed by atoms with E-state index in [0.717, 1.165) is 6.61 Å². The van der Waals surface area contributed by atoms with E-state index in [-0.39, 0.29) is 6.04 Å². The monoisotopic (exact) mass is 187 g/mol. The molecule has 0 aliphatic rings. The summed E-state index contributed by atoms with van der Waals surface area (Å²) in [5.74, 6) is 0.509. The molecule has 0 aliphatic heterocycles. The van der Waals surface area contributed by atoms with Gasteiger partial charge in [-0.2, -0.15) is 0 Å². The summed E-state index contributed by atoms with van der Waals surface area (Å²) in [5.41, 5.74) is 5.66. The van der Waals surface area contributed by atoms with Gasteiger partial charge in [-0.15, -0.1) is 6.58 Å². The minimum absolute atomic E-state index is 0.266. The highest BCUT2D eigenvalue weighted by Crippen LogP contribution is 2.09. The molecule has 2 nitrogen and oxygen atoms in total. The van der Waals surface area contributed by atoms with Crippen molar-refractivity contribution in [3.05, 3.63) is 12.7 Å². The fourth-order valence-corrected chi connectivity index (χ4v) is 0.929. The molecule has 2 N–H and O–H groups in total. The predicted molar refractivity (Wildman–Crippen MR) is 59.8 cm³/mol. The van der Waals surface area contributed by atoms with E-state index >= 15 is 0 Å². The lowest BCUT2D eigenvalue weighted by Crippen LogP contribution is -2.24. The molecule has 0 fully saturated rings. The molecule has 0 rings (SSSR count). The molecule has 0 heterocycles. The lowest BCUT2D eigenvalue weighted by atomic mass is 9.97. The minimum atomic E-state index is 0.266. The Morgan fingerprint density at radius 3 is 2.00 bits per heavy atom. The maximum absolute atomic E-state index is 5.66. The van der Waals surface area contributed by atoms with Crippen molar-refractivity contribution in [1.29, 1.82) is 0 Å². The first-order valence-electron chi connectivity index (χ1n) is 5.00. The van der Waals surface area contributed by atoms with E-state index < -0.39 is 0 Å². The third-order valence-electron chi connectivity index (χ3n) is 1.89. The largest absolute Gasteiger partial charge is 0.385 e. The summed E-state index contributed by atoms with van der Waals surface area (Å²) in [4.78, 5) is 0. The zero-order valence-electron chi connectivity index (χ0n) is 9.55. The Kier molecular flexibility index (Phi) is 13.6. The van der Waals surface area contributed by atoms with Gasteiger partial charge >= 0.3 is 0 Å². The molecule has 0 aromatic carbocycles. The lowest BCUT2D eigenvalue weighted by Gasteiger charge is -2.14. The molecule has 80 valence electrons. The zero-order valence-corrected chi connectivity index (χ0v) is 9.55. The van der Waals surface area contributed by atoms with E-state index in [0.29, 0.717) is 5.92 Å². The lowest BCUT2D eigenvalue weighted by molar-refractivity contribution is 0.215. The summed E-state index contributed by atoms with van der Waals surface area (Å²) >= 11 is 0. The number of nitrogens with two attached hydrogens (primary N) is 1. The molecule has 0 saturated heterocycles. The highest BCUT2D eigenvalue weighted by atomic mass is 16.5. The first-order chi connectivity index (χ1) is 6.13. The Hall–Kier alpha value is -0.340. The summed E-state index contributed by atoms with van der Waals surface area (Å²) in [6.07, 6.45) is 4.31. The van der Waals surface area contributed by atoms with Crippen LogP contribution in [-0.4, -0.2) is 19.8 Å². The maximum Gasteiger partial charge on any atom is 0.0433 e. The van der Waals surface area contributed by atoms with Crippen LogP contribution in [0, 0.1) is 5.92 Å². The second-order valence-electron chi connectivity index (χ2n) is 3.12. The summed E-state index contributed by atoms with van der Waals surface area (Å²) in [6, 6.07) is 0.266. The molecule has 0 spiro atoms. The van der Waals surface area contributed by atoms with Crippen molar-refractivity contribution in [2.45, 2.75) is 39.7 Å². The zero-order chi connectivity index (χ0) is 10.7. The van der Waals surface area contributed by atoms with Crippen LogP contribution in [-0.2, 0) is 4.74 Å². The topological polar surface area (TPSA) is 35.2 Å². The molecule has 2 heteroatoms. The van der Waals surface area contributed by atoms with E-state index in [1.54, 1.807) is 7.11 Å². The number of rotatable bonds is 5. The van der Waals surface area contributed by atoms with Gasteiger partial charge in [0.2, 0.25) is 0 Å². The standard InChI is InChI=1S/C8H17N.C3H8O/c1-4-6-8(5-2)7(3)9;1-3-4-2/h5,7-8H,2,4,6,9H2,1,3H3;3H2,1-2H3/t7-,8?;/m1./s1. The minimum Gasteiger partial charge on any atom is -0.385 e. The molecule has 1 unspecified atom stereocenters. The van der Waals surface area contributed by atoms with E-state index in [1.165, 1.54) is 12.8 Å². The Bertz CT molecular complexity index is 100. The first kappa shape index (κ1) is 15.1. The Morgan fingerprint density at radius 2 is 1.92 bits per heavy atom. The Balaban J connectivity index is 0. The van der Waals surface area contributed by atoms with Crippen LogP contribution >= 0.6 is 0 Å². The third-order valence-corrected chi connectivity index (χ3v) is 1.89. The summed E-state index contributed by atoms with van der Waals surface area (Å²) < 4.78 is 4.54. The number of hydrogen-bond donors (Lipinski definition) is 1. The second-order valence-corrected chi connectivity index (χ2v) is 3.12. The molecule has 0 saturated carbocycles. The van der Waals surface area contributed by atoms with Gasteiger partial charge in [-0.05, 0) is 26.2 Å². The fourth-order valence-electron chi connectivity index (χ4n) is 0.929. The van der Waals surface area contributed by atoms with Crippen LogP contribution in [0.1, 0.15) is 33.6 Å². The quantitative estimate of drug-likeness (QED) is 0.671. The molecule has 0 radical (unpaired) electrons. The third kappa shape index (κ3) is 11.7. The first-order valence-corrected chi connectivity index (χ1v) is 5.00. The molecule has 0 aromatic rings. The van der Waals surface area contributed by atoms with Gasteiger partial charge in [0.15, 0.2) is 0 Å². The summed E-state index contributed by atoms with van der Waals surface area (Å²) in [5, 5.41) is 0. The molecular weight excluding hydrogens is 162 g/mol. The van der Waals surface area contributed by atoms with Crippen LogP contribution in [0.5, 0.6) is 0 Å². The molecule has 0 aromatic heterocycles. The fraction of sp³-hybridized carbons (Fsp3) is 0.818. The van der Waals surface area contributed by atoms with Gasteiger partial charge in [-0.3, -0.25) is 0 Å². The number of methoxy groups -OCH3 is 1. The highest BCUT2D eigenvalue weighted by Gasteiger charge is 2.06. The molecular formula is C11H25NO. The van der Waals surface area contributed by atoms with Gasteiger partial charge in [0.25, 0.3) is 0 Å². The molecule has 2 atom stereocenters. The van der Waals surface area contributed by atoms with E-state index in [1.807, 2.05) is 19.9 Å².